The number of halogens is 3. The van der Waals surface area contributed by atoms with Crippen molar-refractivity contribution in [3.63, 3.8) is 0 Å². The minimum atomic E-state index is -1.22. The van der Waals surface area contributed by atoms with E-state index < -0.39 is 28.7 Å². The average molecular weight is 631 g/mol. The molecule has 9 nitrogen and oxygen atoms in total. The molecular formula is C30H29ClF2N4O5S. The first kappa shape index (κ1) is 29.4. The molecule has 1 fully saturated rings. The van der Waals surface area contributed by atoms with Crippen molar-refractivity contribution in [2.24, 2.45) is 16.8 Å². The van der Waals surface area contributed by atoms with Crippen molar-refractivity contribution in [2.75, 3.05) is 14.2 Å². The van der Waals surface area contributed by atoms with Gasteiger partial charge in [0.15, 0.2) is 28.4 Å². The molecule has 0 amide bonds. The molecule has 3 heterocycles. The highest BCUT2D eigenvalue weighted by atomic mass is 35.5. The van der Waals surface area contributed by atoms with E-state index in [-0.39, 0.29) is 34.9 Å². The molecule has 2 atom stereocenters. The molecule has 2 aromatic heterocycles. The summed E-state index contributed by atoms with van der Waals surface area (Å²) in [6.45, 7) is 0. The van der Waals surface area contributed by atoms with Gasteiger partial charge in [0, 0.05) is 41.1 Å². The van der Waals surface area contributed by atoms with Crippen molar-refractivity contribution in [1.29, 1.82) is 0 Å². The second-order valence-corrected chi connectivity index (χ2v) is 12.1. The van der Waals surface area contributed by atoms with E-state index in [1.807, 2.05) is 0 Å². The first-order valence-electron chi connectivity index (χ1n) is 14.1. The number of allylic oxidation sites excluding steroid dienone is 1. The average Bonchev–Trinajstić information content (AvgIpc) is 3.73. The van der Waals surface area contributed by atoms with E-state index in [1.165, 1.54) is 31.6 Å². The van der Waals surface area contributed by atoms with E-state index in [0.717, 1.165) is 43.2 Å². The second kappa shape index (κ2) is 12.2. The number of aliphatic imine (C=N–C) groups is 1. The maximum atomic E-state index is 14.6. The number of ether oxygens (including phenoxy) is 2. The quantitative estimate of drug-likeness (QED) is 0.267. The molecule has 3 aliphatic rings. The molecule has 43 heavy (non-hydrogen) atoms. The fraction of sp³-hybridized carbons (Fsp3) is 0.433. The number of thiazole rings is 1. The molecule has 0 saturated heterocycles. The van der Waals surface area contributed by atoms with Crippen LogP contribution in [0.25, 0.3) is 0 Å². The normalized spacial score (nSPS) is 23.7. The van der Waals surface area contributed by atoms with Gasteiger partial charge < -0.3 is 19.2 Å². The monoisotopic (exact) mass is 630 g/mol. The Bertz CT molecular complexity index is 1610. The molecule has 0 radical (unpaired) electrons. The van der Waals surface area contributed by atoms with Gasteiger partial charge in [0.05, 0.1) is 36.4 Å². The summed E-state index contributed by atoms with van der Waals surface area (Å²) in [5.41, 5.74) is 1.71. The van der Waals surface area contributed by atoms with Gasteiger partial charge in [0.1, 0.15) is 11.8 Å². The third kappa shape index (κ3) is 5.58. The third-order valence-electron chi connectivity index (χ3n) is 8.45. The van der Waals surface area contributed by atoms with Crippen LogP contribution in [0.4, 0.5) is 8.78 Å². The highest BCUT2D eigenvalue weighted by Crippen LogP contribution is 2.43. The van der Waals surface area contributed by atoms with E-state index in [9.17, 15) is 18.4 Å². The molecule has 13 heteroatoms. The second-order valence-electron chi connectivity index (χ2n) is 10.9. The van der Waals surface area contributed by atoms with Crippen molar-refractivity contribution in [2.45, 2.75) is 56.9 Å². The number of carbonyl (C=O) groups is 2. The van der Waals surface area contributed by atoms with Crippen molar-refractivity contribution in [3.8, 4) is 0 Å². The van der Waals surface area contributed by atoms with Gasteiger partial charge in [-0.2, -0.15) is 0 Å². The molecule has 2 aliphatic carbocycles. The number of hydrogen-bond acceptors (Lipinski definition) is 10. The van der Waals surface area contributed by atoms with Crippen LogP contribution in [0.3, 0.4) is 0 Å². The van der Waals surface area contributed by atoms with Crippen molar-refractivity contribution >= 4 is 40.7 Å². The molecule has 1 saturated carbocycles. The van der Waals surface area contributed by atoms with Gasteiger partial charge in [-0.1, -0.05) is 17.7 Å². The molecule has 226 valence electrons. The van der Waals surface area contributed by atoms with Crippen LogP contribution in [0, 0.1) is 23.5 Å². The maximum Gasteiger partial charge on any atom is 0.338 e. The zero-order chi connectivity index (χ0) is 30.2. The molecule has 2 unspecified atom stereocenters. The zero-order valence-corrected chi connectivity index (χ0v) is 25.1. The summed E-state index contributed by atoms with van der Waals surface area (Å²) >= 11 is 7.63. The molecule has 6 rings (SSSR count). The van der Waals surface area contributed by atoms with Gasteiger partial charge in [-0.25, -0.2) is 23.5 Å². The Morgan fingerprint density at radius 3 is 2.58 bits per heavy atom. The van der Waals surface area contributed by atoms with Crippen molar-refractivity contribution in [3.05, 3.63) is 79.6 Å². The zero-order valence-electron chi connectivity index (χ0n) is 23.5. The van der Waals surface area contributed by atoms with Gasteiger partial charge in [-0.3, -0.25) is 9.79 Å². The van der Waals surface area contributed by atoms with Crippen LogP contribution in [0.15, 0.2) is 44.4 Å². The highest BCUT2D eigenvalue weighted by molar-refractivity contribution is 7.11. The maximum absolute atomic E-state index is 14.6. The lowest BCUT2D eigenvalue weighted by atomic mass is 9.82. The van der Waals surface area contributed by atoms with Crippen LogP contribution in [-0.4, -0.2) is 42.0 Å². The predicted molar refractivity (Wildman–Crippen MR) is 154 cm³/mol. The van der Waals surface area contributed by atoms with E-state index >= 15 is 0 Å². The SMILES string of the molecule is COC(=O)C1=C(C2CCc3nc(C4CCC(C(=O)OC)CC4)oc3C2)NC(c2nccs2)=NC1c1ccc(F)c(F)c1Cl. The number of rotatable bonds is 6. The van der Waals surface area contributed by atoms with E-state index in [0.29, 0.717) is 41.7 Å². The molecule has 1 aromatic carbocycles. The number of aryl methyl sites for hydroxylation is 1. The van der Waals surface area contributed by atoms with Crippen LogP contribution in [-0.2, 0) is 31.9 Å². The Hall–Kier alpha value is -3.64. The van der Waals surface area contributed by atoms with Crippen LogP contribution in [0.1, 0.15) is 72.0 Å². The number of oxazole rings is 1. The molecule has 1 aliphatic heterocycles. The number of amidine groups is 1. The minimum absolute atomic E-state index is 0.0963. The van der Waals surface area contributed by atoms with Gasteiger partial charge in [-0.15, -0.1) is 11.3 Å². The van der Waals surface area contributed by atoms with Gasteiger partial charge >= 0.3 is 11.9 Å². The summed E-state index contributed by atoms with van der Waals surface area (Å²) in [6, 6.07) is 1.23. The summed E-state index contributed by atoms with van der Waals surface area (Å²) < 4.78 is 45.0. The number of carbonyl (C=O) groups excluding carboxylic acids is 2. The lowest BCUT2D eigenvalue weighted by Crippen LogP contribution is -2.38. The van der Waals surface area contributed by atoms with Crippen molar-refractivity contribution in [1.82, 2.24) is 15.3 Å². The summed E-state index contributed by atoms with van der Waals surface area (Å²) in [5.74, 6) is -1.57. The van der Waals surface area contributed by atoms with Gasteiger partial charge in [0.25, 0.3) is 0 Å². The van der Waals surface area contributed by atoms with Crippen LogP contribution >= 0.6 is 22.9 Å². The predicted octanol–water partition coefficient (Wildman–Crippen LogP) is 5.83. The summed E-state index contributed by atoms with van der Waals surface area (Å²) in [6.07, 6.45) is 6.34. The number of esters is 2. The topological polar surface area (TPSA) is 116 Å². The summed E-state index contributed by atoms with van der Waals surface area (Å²) in [5, 5.41) is 5.21. The first-order valence-corrected chi connectivity index (χ1v) is 15.3. The van der Waals surface area contributed by atoms with Crippen LogP contribution in [0.2, 0.25) is 5.02 Å². The number of fused-ring (bicyclic) bond motifs is 1. The number of hydrogen-bond donors (Lipinski definition) is 1. The summed E-state index contributed by atoms with van der Waals surface area (Å²) in [7, 11) is 2.67. The van der Waals surface area contributed by atoms with E-state index in [4.69, 9.17) is 35.5 Å². The number of aromatic nitrogens is 2. The highest BCUT2D eigenvalue weighted by Gasteiger charge is 2.39. The third-order valence-corrected chi connectivity index (χ3v) is 9.61. The lowest BCUT2D eigenvalue weighted by molar-refractivity contribution is -0.146. The Balaban J connectivity index is 1.34. The lowest BCUT2D eigenvalue weighted by Gasteiger charge is -2.32. The molecular weight excluding hydrogens is 602 g/mol. The van der Waals surface area contributed by atoms with Crippen molar-refractivity contribution < 1.29 is 32.3 Å². The fourth-order valence-electron chi connectivity index (χ4n) is 6.21. The van der Waals surface area contributed by atoms with E-state index in [2.05, 4.69) is 10.3 Å². The number of benzene rings is 1. The molecule has 1 N–H and O–H groups in total. The van der Waals surface area contributed by atoms with Gasteiger partial charge in [-0.05, 0) is 44.6 Å². The standard InChI is InChI=1S/C30H29ClF2N4O5S/c1-40-29(38)15-5-3-14(4-6-15)27-35-19-10-7-16(13-20(19)42-27)24-21(30(39)41-2)25(17-8-9-18(32)23(33)22(17)31)37-26(36-24)28-34-11-12-43-28/h8-9,11-12,14-16,25H,3-7,10,13H2,1-2H3,(H,36,37). The fourth-order valence-corrected chi connectivity index (χ4v) is 7.05. The number of nitrogens with one attached hydrogen (secondary N) is 1. The van der Waals surface area contributed by atoms with Crippen LogP contribution in [0.5, 0.6) is 0 Å². The Morgan fingerprint density at radius 2 is 1.88 bits per heavy atom. The Kier molecular flexibility index (Phi) is 8.32. The Morgan fingerprint density at radius 1 is 1.09 bits per heavy atom. The van der Waals surface area contributed by atoms with Crippen LogP contribution < -0.4 is 5.32 Å². The first-order chi connectivity index (χ1) is 20.8. The molecule has 0 bridgehead atoms. The Labute approximate surface area is 255 Å². The number of nitrogens with zero attached hydrogens (tertiary/aromatic N) is 3. The molecule has 0 spiro atoms. The minimum Gasteiger partial charge on any atom is -0.469 e. The largest absolute Gasteiger partial charge is 0.469 e. The van der Waals surface area contributed by atoms with E-state index in [1.54, 1.807) is 11.6 Å². The smallest absolute Gasteiger partial charge is 0.338 e. The number of methoxy groups -OCH3 is 2. The summed E-state index contributed by atoms with van der Waals surface area (Å²) in [4.78, 5) is 39.2. The molecule has 3 aromatic rings. The van der Waals surface area contributed by atoms with Gasteiger partial charge in [0.2, 0.25) is 0 Å².